The van der Waals surface area contributed by atoms with Gasteiger partial charge in [-0.2, -0.15) is 5.10 Å². The number of nitrogens with two attached hydrogens (primary N) is 1. The van der Waals surface area contributed by atoms with Crippen molar-refractivity contribution in [1.82, 2.24) is 19.7 Å². The maximum absolute atomic E-state index is 14.2. The van der Waals surface area contributed by atoms with Gasteiger partial charge in [0.25, 0.3) is 0 Å². The number of hydrogen-bond acceptors (Lipinski definition) is 7. The molecule has 0 aliphatic heterocycles. The molecular formula is C22H22FN5O4S. The minimum atomic E-state index is -1.000. The number of ether oxygens (including phenoxy) is 2. The number of fused-ring (bicyclic) bond motifs is 1. The van der Waals surface area contributed by atoms with E-state index in [0.717, 1.165) is 15.1 Å². The number of methoxy groups -OCH3 is 1. The fraction of sp³-hybridized carbons (Fsp3) is 0.227. The normalized spacial score (nSPS) is 11.1. The van der Waals surface area contributed by atoms with Gasteiger partial charge in [-0.3, -0.25) is 9.67 Å². The third-order valence-corrected chi connectivity index (χ3v) is 6.09. The lowest BCUT2D eigenvalue weighted by Gasteiger charge is -2.18. The molecule has 0 radical (unpaired) electrons. The van der Waals surface area contributed by atoms with Gasteiger partial charge in [0.2, 0.25) is 0 Å². The molecule has 9 nitrogen and oxygen atoms in total. The minimum absolute atomic E-state index is 0.0796. The predicted octanol–water partition coefficient (Wildman–Crippen LogP) is 4.30. The van der Waals surface area contributed by atoms with Gasteiger partial charge in [0.15, 0.2) is 11.6 Å². The molecule has 0 spiro atoms. The van der Waals surface area contributed by atoms with Crippen molar-refractivity contribution in [3.05, 3.63) is 54.7 Å². The molecule has 11 heteroatoms. The van der Waals surface area contributed by atoms with Gasteiger partial charge in [-0.1, -0.05) is 0 Å². The Labute approximate surface area is 192 Å². The SMILES string of the molecule is COCCN(CCn1cc(-c2cc3nccc(Oc4ccc(N)cc4F)c3s2)cn1)C(=O)O. The zero-order valence-electron chi connectivity index (χ0n) is 17.8. The van der Waals surface area contributed by atoms with Crippen LogP contribution < -0.4 is 10.5 Å². The van der Waals surface area contributed by atoms with Crippen LogP contribution in [0.2, 0.25) is 0 Å². The van der Waals surface area contributed by atoms with Crippen molar-refractivity contribution in [3.63, 3.8) is 0 Å². The first-order valence-electron chi connectivity index (χ1n) is 10.1. The first kappa shape index (κ1) is 22.5. The molecule has 4 aromatic rings. The van der Waals surface area contributed by atoms with E-state index in [1.54, 1.807) is 29.2 Å². The summed E-state index contributed by atoms with van der Waals surface area (Å²) < 4.78 is 27.4. The Morgan fingerprint density at radius 3 is 2.88 bits per heavy atom. The highest BCUT2D eigenvalue weighted by Gasteiger charge is 2.15. The molecule has 1 amide bonds. The van der Waals surface area contributed by atoms with Crippen LogP contribution in [0.3, 0.4) is 0 Å². The number of thiophene rings is 1. The van der Waals surface area contributed by atoms with Crippen molar-refractivity contribution in [1.29, 1.82) is 0 Å². The van der Waals surface area contributed by atoms with E-state index < -0.39 is 11.9 Å². The lowest BCUT2D eigenvalue weighted by molar-refractivity contribution is 0.116. The van der Waals surface area contributed by atoms with E-state index in [0.29, 0.717) is 43.2 Å². The number of halogens is 1. The van der Waals surface area contributed by atoms with Gasteiger partial charge in [0, 0.05) is 60.9 Å². The standard InChI is InChI=1S/C22H22FN5O4S/c1-31-9-8-27(22(29)30)6-7-28-13-14(12-26-28)20-11-17-21(33-20)19(4-5-25-17)32-18-3-2-15(24)10-16(18)23/h2-5,10-13H,6-9,24H2,1H3,(H,29,30). The largest absolute Gasteiger partial charge is 0.465 e. The zero-order chi connectivity index (χ0) is 23.4. The van der Waals surface area contributed by atoms with Gasteiger partial charge < -0.3 is 25.2 Å². The van der Waals surface area contributed by atoms with E-state index in [2.05, 4.69) is 10.1 Å². The molecule has 3 aromatic heterocycles. The maximum atomic E-state index is 14.2. The number of carbonyl (C=O) groups is 1. The van der Waals surface area contributed by atoms with Gasteiger partial charge in [0.05, 0.1) is 29.6 Å². The van der Waals surface area contributed by atoms with Crippen molar-refractivity contribution >= 4 is 33.3 Å². The van der Waals surface area contributed by atoms with Crippen LogP contribution in [0.25, 0.3) is 20.7 Å². The Kier molecular flexibility index (Phi) is 6.71. The van der Waals surface area contributed by atoms with Crippen LogP contribution >= 0.6 is 11.3 Å². The topological polar surface area (TPSA) is 116 Å². The van der Waals surface area contributed by atoms with Crippen LogP contribution in [0.4, 0.5) is 14.9 Å². The van der Waals surface area contributed by atoms with Crippen molar-refractivity contribution in [2.24, 2.45) is 0 Å². The summed E-state index contributed by atoms with van der Waals surface area (Å²) in [6.45, 7) is 1.32. The van der Waals surface area contributed by atoms with Crippen LogP contribution in [-0.4, -0.2) is 57.7 Å². The summed E-state index contributed by atoms with van der Waals surface area (Å²) in [7, 11) is 1.53. The minimum Gasteiger partial charge on any atom is -0.465 e. The number of pyridine rings is 1. The molecule has 172 valence electrons. The fourth-order valence-corrected chi connectivity index (χ4v) is 4.24. The van der Waals surface area contributed by atoms with E-state index >= 15 is 0 Å². The number of rotatable bonds is 9. The molecule has 0 saturated carbocycles. The molecule has 0 bridgehead atoms. The highest BCUT2D eigenvalue weighted by atomic mass is 32.1. The Hall–Kier alpha value is -3.70. The Morgan fingerprint density at radius 1 is 1.27 bits per heavy atom. The summed E-state index contributed by atoms with van der Waals surface area (Å²) in [4.78, 5) is 17.9. The molecular weight excluding hydrogens is 449 g/mol. The van der Waals surface area contributed by atoms with Gasteiger partial charge in [-0.15, -0.1) is 11.3 Å². The fourth-order valence-electron chi connectivity index (χ4n) is 3.20. The van der Waals surface area contributed by atoms with Crippen molar-refractivity contribution in [3.8, 4) is 21.9 Å². The highest BCUT2D eigenvalue weighted by Crippen LogP contribution is 2.39. The summed E-state index contributed by atoms with van der Waals surface area (Å²) in [6, 6.07) is 7.87. The summed E-state index contributed by atoms with van der Waals surface area (Å²) in [5.41, 5.74) is 7.50. The Bertz CT molecular complexity index is 1270. The van der Waals surface area contributed by atoms with E-state index in [1.807, 2.05) is 12.3 Å². The van der Waals surface area contributed by atoms with Crippen LogP contribution in [0, 0.1) is 5.82 Å². The monoisotopic (exact) mass is 471 g/mol. The summed E-state index contributed by atoms with van der Waals surface area (Å²) in [6.07, 6.45) is 4.17. The van der Waals surface area contributed by atoms with Gasteiger partial charge in [0.1, 0.15) is 5.75 Å². The van der Waals surface area contributed by atoms with Crippen LogP contribution in [0.15, 0.2) is 48.9 Å². The van der Waals surface area contributed by atoms with E-state index in [1.165, 1.54) is 35.5 Å². The molecule has 0 aliphatic carbocycles. The number of hydrogen-bond donors (Lipinski definition) is 2. The van der Waals surface area contributed by atoms with Gasteiger partial charge >= 0.3 is 6.09 Å². The third-order valence-electron chi connectivity index (χ3n) is 4.90. The molecule has 4 rings (SSSR count). The average Bonchev–Trinajstić information content (AvgIpc) is 3.43. The average molecular weight is 472 g/mol. The quantitative estimate of drug-likeness (QED) is 0.350. The van der Waals surface area contributed by atoms with Crippen LogP contribution in [0.5, 0.6) is 11.5 Å². The molecule has 1 aromatic carbocycles. The second-order valence-corrected chi connectivity index (χ2v) is 8.23. The van der Waals surface area contributed by atoms with E-state index in [9.17, 15) is 14.3 Å². The summed E-state index contributed by atoms with van der Waals surface area (Å²) in [5.74, 6) is 0.0254. The van der Waals surface area contributed by atoms with E-state index in [4.69, 9.17) is 15.2 Å². The van der Waals surface area contributed by atoms with E-state index in [-0.39, 0.29) is 5.75 Å². The molecule has 3 N–H and O–H groups in total. The summed E-state index contributed by atoms with van der Waals surface area (Å²) >= 11 is 1.45. The zero-order valence-corrected chi connectivity index (χ0v) is 18.6. The number of nitrogens with zero attached hydrogens (tertiary/aromatic N) is 4. The second-order valence-electron chi connectivity index (χ2n) is 7.18. The number of carboxylic acid groups (broad SMARTS) is 1. The molecule has 0 unspecified atom stereocenters. The van der Waals surface area contributed by atoms with Gasteiger partial charge in [-0.05, 0) is 18.2 Å². The predicted molar refractivity (Wildman–Crippen MR) is 123 cm³/mol. The number of amides is 1. The lowest BCUT2D eigenvalue weighted by atomic mass is 10.2. The van der Waals surface area contributed by atoms with Gasteiger partial charge in [-0.25, -0.2) is 9.18 Å². The number of nitrogen functional groups attached to an aromatic ring is 1. The Balaban J connectivity index is 1.52. The number of benzene rings is 1. The number of anilines is 1. The third kappa shape index (κ3) is 5.21. The van der Waals surface area contributed by atoms with Crippen molar-refractivity contribution in [2.75, 3.05) is 32.5 Å². The van der Waals surface area contributed by atoms with Crippen molar-refractivity contribution in [2.45, 2.75) is 6.54 Å². The lowest BCUT2D eigenvalue weighted by Crippen LogP contribution is -2.35. The number of aromatic nitrogens is 3. The summed E-state index contributed by atoms with van der Waals surface area (Å²) in [5, 5.41) is 13.6. The Morgan fingerprint density at radius 2 is 2.12 bits per heavy atom. The first-order valence-corrected chi connectivity index (χ1v) is 10.9. The van der Waals surface area contributed by atoms with Crippen molar-refractivity contribution < 1.29 is 23.8 Å². The molecule has 0 saturated heterocycles. The molecule has 33 heavy (non-hydrogen) atoms. The molecule has 0 atom stereocenters. The van der Waals surface area contributed by atoms with Crippen LogP contribution in [-0.2, 0) is 11.3 Å². The van der Waals surface area contributed by atoms with Crippen LogP contribution in [0.1, 0.15) is 0 Å². The maximum Gasteiger partial charge on any atom is 0.407 e. The molecule has 0 aliphatic rings. The molecule has 3 heterocycles. The smallest absolute Gasteiger partial charge is 0.407 e. The molecule has 0 fully saturated rings. The first-order chi connectivity index (χ1) is 15.9. The second kappa shape index (κ2) is 9.84. The highest BCUT2D eigenvalue weighted by molar-refractivity contribution is 7.22.